The Morgan fingerprint density at radius 1 is 1.50 bits per heavy atom. The molecule has 0 saturated heterocycles. The Kier molecular flexibility index (Phi) is 2.42. The van der Waals surface area contributed by atoms with E-state index < -0.39 is 0 Å². The molecule has 0 fully saturated rings. The number of halogens is 1. The number of carbonyl (C=O) groups is 1. The van der Waals surface area contributed by atoms with Gasteiger partial charge in [0.25, 0.3) is 0 Å². The first kappa shape index (κ1) is 9.46. The lowest BCUT2D eigenvalue weighted by atomic mass is 10.0. The molecule has 0 bridgehead atoms. The van der Waals surface area contributed by atoms with Gasteiger partial charge in [0.05, 0.1) is 0 Å². The van der Waals surface area contributed by atoms with Gasteiger partial charge < -0.3 is 0 Å². The molecule has 1 aromatic rings. The largest absolute Gasteiger partial charge is 0.289 e. The number of thioether (sulfide) groups is 1. The van der Waals surface area contributed by atoms with Crippen molar-refractivity contribution in [1.82, 2.24) is 0 Å². The van der Waals surface area contributed by atoms with Crippen molar-refractivity contribution in [1.29, 1.82) is 0 Å². The molecule has 0 N–H and O–H groups in total. The van der Waals surface area contributed by atoms with Crippen LogP contribution in [-0.2, 0) is 0 Å². The van der Waals surface area contributed by atoms with Crippen molar-refractivity contribution < 1.29 is 9.18 Å². The molecule has 0 aromatic heterocycles. The zero-order valence-electron chi connectivity index (χ0n) is 7.71. The molecule has 2 rings (SSSR count). The molecule has 1 aromatic carbocycles. The van der Waals surface area contributed by atoms with Gasteiger partial charge in [-0.1, -0.05) is 6.08 Å². The lowest BCUT2D eigenvalue weighted by molar-refractivity contribution is 0.103. The van der Waals surface area contributed by atoms with E-state index in [4.69, 9.17) is 0 Å². The Balaban J connectivity index is 2.54. The molecule has 0 atom stereocenters. The van der Waals surface area contributed by atoms with E-state index in [9.17, 15) is 9.18 Å². The highest BCUT2D eigenvalue weighted by atomic mass is 32.2. The summed E-state index contributed by atoms with van der Waals surface area (Å²) in [5.74, 6) is 0.296. The summed E-state index contributed by atoms with van der Waals surface area (Å²) in [6, 6.07) is 4.37. The first-order valence-corrected chi connectivity index (χ1v) is 5.33. The minimum atomic E-state index is -0.352. The summed E-state index contributed by atoms with van der Waals surface area (Å²) in [7, 11) is 0. The molecule has 0 radical (unpaired) electrons. The summed E-state index contributed by atoms with van der Waals surface area (Å²) >= 11 is 1.58. The second-order valence-corrected chi connectivity index (χ2v) is 4.09. The van der Waals surface area contributed by atoms with Crippen LogP contribution in [0.2, 0.25) is 0 Å². The number of hydrogen-bond donors (Lipinski definition) is 0. The van der Waals surface area contributed by atoms with E-state index >= 15 is 0 Å². The molecule has 3 heteroatoms. The standard InChI is InChI=1S/C11H9FOS/c1-2-7-6-14-10-4-3-8(12)5-9(10)11(7)13/h2-5H,6H2,1H3/b7-2+. The summed E-state index contributed by atoms with van der Waals surface area (Å²) in [5, 5.41) is 0. The molecule has 0 aliphatic carbocycles. The maximum absolute atomic E-state index is 12.9. The van der Waals surface area contributed by atoms with Crippen molar-refractivity contribution in [2.45, 2.75) is 11.8 Å². The molecule has 72 valence electrons. The zero-order chi connectivity index (χ0) is 10.1. The van der Waals surface area contributed by atoms with Crippen LogP contribution in [0.25, 0.3) is 0 Å². The van der Waals surface area contributed by atoms with Crippen molar-refractivity contribution in [3.63, 3.8) is 0 Å². The highest BCUT2D eigenvalue weighted by Crippen LogP contribution is 2.32. The van der Waals surface area contributed by atoms with Gasteiger partial charge in [0, 0.05) is 21.8 Å². The van der Waals surface area contributed by atoms with Crippen LogP contribution in [0.3, 0.4) is 0 Å². The fourth-order valence-electron chi connectivity index (χ4n) is 1.41. The fraction of sp³-hybridized carbons (Fsp3) is 0.182. The van der Waals surface area contributed by atoms with Crippen molar-refractivity contribution in [3.05, 3.63) is 41.2 Å². The number of ketones is 1. The Morgan fingerprint density at radius 3 is 3.00 bits per heavy atom. The first-order valence-electron chi connectivity index (χ1n) is 4.34. The number of Topliss-reactive ketones (excluding diaryl/α,β-unsaturated/α-hetero) is 1. The van der Waals surface area contributed by atoms with Gasteiger partial charge >= 0.3 is 0 Å². The second kappa shape index (κ2) is 3.58. The van der Waals surface area contributed by atoms with Crippen LogP contribution >= 0.6 is 11.8 Å². The van der Waals surface area contributed by atoms with Gasteiger partial charge in [-0.05, 0) is 25.1 Å². The van der Waals surface area contributed by atoms with Crippen LogP contribution in [0, 0.1) is 5.82 Å². The van der Waals surface area contributed by atoms with Crippen molar-refractivity contribution >= 4 is 17.5 Å². The van der Waals surface area contributed by atoms with Gasteiger partial charge in [-0.2, -0.15) is 0 Å². The van der Waals surface area contributed by atoms with Crippen molar-refractivity contribution in [2.24, 2.45) is 0 Å². The number of fused-ring (bicyclic) bond motifs is 1. The molecular formula is C11H9FOS. The van der Waals surface area contributed by atoms with Gasteiger partial charge in [0.15, 0.2) is 5.78 Å². The van der Waals surface area contributed by atoms with E-state index in [0.29, 0.717) is 11.3 Å². The SMILES string of the molecule is C/C=C1\CSc2ccc(F)cc2C1=O. The average molecular weight is 208 g/mol. The van der Waals surface area contributed by atoms with Gasteiger partial charge in [0.2, 0.25) is 0 Å². The Morgan fingerprint density at radius 2 is 2.29 bits per heavy atom. The number of rotatable bonds is 0. The van der Waals surface area contributed by atoms with Crippen molar-refractivity contribution in [3.8, 4) is 0 Å². The molecule has 0 unspecified atom stereocenters. The smallest absolute Gasteiger partial charge is 0.190 e. The van der Waals surface area contributed by atoms with E-state index in [2.05, 4.69) is 0 Å². The lowest BCUT2D eigenvalue weighted by Crippen LogP contribution is -2.12. The number of benzene rings is 1. The summed E-state index contributed by atoms with van der Waals surface area (Å²) in [6.07, 6.45) is 1.79. The van der Waals surface area contributed by atoms with E-state index in [-0.39, 0.29) is 11.6 Å². The van der Waals surface area contributed by atoms with Crippen LogP contribution in [0.15, 0.2) is 34.7 Å². The molecule has 1 aliphatic heterocycles. The minimum absolute atomic E-state index is 0.0410. The normalized spacial score (nSPS) is 18.4. The summed E-state index contributed by atoms with van der Waals surface area (Å²) < 4.78 is 12.9. The van der Waals surface area contributed by atoms with Gasteiger partial charge in [0.1, 0.15) is 5.82 Å². The van der Waals surface area contributed by atoms with Crippen LogP contribution in [-0.4, -0.2) is 11.5 Å². The summed E-state index contributed by atoms with van der Waals surface area (Å²) in [6.45, 7) is 1.83. The van der Waals surface area contributed by atoms with Gasteiger partial charge in [-0.15, -0.1) is 11.8 Å². The third kappa shape index (κ3) is 1.48. The van der Waals surface area contributed by atoms with E-state index in [1.54, 1.807) is 23.9 Å². The summed E-state index contributed by atoms with van der Waals surface area (Å²) in [5.41, 5.74) is 1.25. The lowest BCUT2D eigenvalue weighted by Gasteiger charge is -2.16. The molecule has 1 nitrogen and oxygen atoms in total. The molecule has 14 heavy (non-hydrogen) atoms. The third-order valence-electron chi connectivity index (χ3n) is 2.21. The number of carbonyl (C=O) groups excluding carboxylic acids is 1. The van der Waals surface area contributed by atoms with Crippen LogP contribution < -0.4 is 0 Å². The topological polar surface area (TPSA) is 17.1 Å². The average Bonchev–Trinajstić information content (AvgIpc) is 2.20. The molecule has 1 aliphatic rings. The van der Waals surface area contributed by atoms with Crippen LogP contribution in [0.4, 0.5) is 4.39 Å². The molecule has 0 spiro atoms. The van der Waals surface area contributed by atoms with E-state index in [1.165, 1.54) is 12.1 Å². The van der Waals surface area contributed by atoms with Crippen molar-refractivity contribution in [2.75, 3.05) is 5.75 Å². The second-order valence-electron chi connectivity index (χ2n) is 3.07. The Labute approximate surface area is 86.0 Å². The summed E-state index contributed by atoms with van der Waals surface area (Å²) in [4.78, 5) is 12.6. The zero-order valence-corrected chi connectivity index (χ0v) is 8.53. The Hall–Kier alpha value is -1.09. The quantitative estimate of drug-likeness (QED) is 0.609. The highest BCUT2D eigenvalue weighted by Gasteiger charge is 2.21. The van der Waals surface area contributed by atoms with Gasteiger partial charge in [-0.3, -0.25) is 4.79 Å². The number of hydrogen-bond acceptors (Lipinski definition) is 2. The monoisotopic (exact) mass is 208 g/mol. The van der Waals surface area contributed by atoms with Gasteiger partial charge in [-0.25, -0.2) is 4.39 Å². The maximum Gasteiger partial charge on any atom is 0.190 e. The third-order valence-corrected chi connectivity index (χ3v) is 3.33. The van der Waals surface area contributed by atoms with E-state index in [0.717, 1.165) is 10.5 Å². The van der Waals surface area contributed by atoms with Crippen LogP contribution in [0.5, 0.6) is 0 Å². The predicted molar refractivity (Wildman–Crippen MR) is 55.2 cm³/mol. The highest BCUT2D eigenvalue weighted by molar-refractivity contribution is 7.99. The minimum Gasteiger partial charge on any atom is -0.289 e. The Bertz CT molecular complexity index is 423. The molecule has 0 amide bonds. The van der Waals surface area contributed by atoms with Crippen LogP contribution in [0.1, 0.15) is 17.3 Å². The van der Waals surface area contributed by atoms with E-state index in [1.807, 2.05) is 6.92 Å². The molecule has 1 heterocycles. The molecular weight excluding hydrogens is 199 g/mol. The predicted octanol–water partition coefficient (Wildman–Crippen LogP) is 3.06. The molecule has 0 saturated carbocycles. The number of allylic oxidation sites excluding steroid dienone is 1. The maximum atomic E-state index is 12.9. The first-order chi connectivity index (χ1) is 6.72. The fourth-order valence-corrected chi connectivity index (χ4v) is 2.49.